The predicted octanol–water partition coefficient (Wildman–Crippen LogP) is 4.16. The van der Waals surface area contributed by atoms with E-state index in [2.05, 4.69) is 17.1 Å². The fourth-order valence-corrected chi connectivity index (χ4v) is 2.40. The van der Waals surface area contributed by atoms with Gasteiger partial charge in [0.05, 0.1) is 28.9 Å². The number of nitrogens with zero attached hydrogens (tertiary/aromatic N) is 2. The number of esters is 1. The largest absolute Gasteiger partial charge is 0.462 e. The normalized spacial score (nSPS) is 10.9. The number of fused-ring (bicyclic) bond motifs is 1. The zero-order valence-corrected chi connectivity index (χ0v) is 13.2. The molecule has 118 valence electrons. The Morgan fingerprint density at radius 2 is 2.04 bits per heavy atom. The van der Waals surface area contributed by atoms with Crippen molar-refractivity contribution in [3.63, 3.8) is 0 Å². The van der Waals surface area contributed by atoms with Crippen LogP contribution in [0.5, 0.6) is 0 Å². The molecule has 0 aliphatic heterocycles. The molecule has 0 N–H and O–H groups in total. The molecule has 0 fully saturated rings. The minimum atomic E-state index is -0.366. The first-order valence-corrected chi connectivity index (χ1v) is 7.70. The van der Waals surface area contributed by atoms with Crippen LogP contribution in [0.3, 0.4) is 0 Å². The molecule has 0 spiro atoms. The Bertz CT molecular complexity index is 825. The number of aromatic nitrogens is 2. The van der Waals surface area contributed by atoms with E-state index >= 15 is 0 Å². The lowest BCUT2D eigenvalue weighted by molar-refractivity contribution is 0.0502. The van der Waals surface area contributed by atoms with E-state index in [1.807, 2.05) is 30.3 Å². The molecule has 0 aliphatic carbocycles. The summed E-state index contributed by atoms with van der Waals surface area (Å²) in [5.41, 5.74) is 3.01. The lowest BCUT2D eigenvalue weighted by Crippen LogP contribution is -2.08. The summed E-state index contributed by atoms with van der Waals surface area (Å²) >= 11 is 0. The molecule has 2 aromatic heterocycles. The summed E-state index contributed by atoms with van der Waals surface area (Å²) in [6.07, 6.45) is 1.81. The fraction of sp³-hybridized carbons (Fsp3) is 0.278. The van der Waals surface area contributed by atoms with Gasteiger partial charge in [0.1, 0.15) is 0 Å². The number of hydrogen-bond acceptors (Lipinski definition) is 5. The standard InChI is InChI=1S/C18H18N2O3/c1-3-4-10-22-18(21)14-11-15(13-8-6-5-7-9-13)19-17-16(14)12(2)20-23-17/h5-9,11H,3-4,10H2,1-2H3. The summed E-state index contributed by atoms with van der Waals surface area (Å²) in [7, 11) is 0. The van der Waals surface area contributed by atoms with Gasteiger partial charge >= 0.3 is 5.97 Å². The van der Waals surface area contributed by atoms with Crippen molar-refractivity contribution in [3.8, 4) is 11.3 Å². The molecule has 0 saturated carbocycles. The smallest absolute Gasteiger partial charge is 0.339 e. The zero-order valence-electron chi connectivity index (χ0n) is 13.2. The predicted molar refractivity (Wildman–Crippen MR) is 87.2 cm³/mol. The summed E-state index contributed by atoms with van der Waals surface area (Å²) in [6.45, 7) is 4.25. The third kappa shape index (κ3) is 3.08. The van der Waals surface area contributed by atoms with Gasteiger partial charge in [-0.25, -0.2) is 9.78 Å². The molecule has 1 aromatic carbocycles. The molecular weight excluding hydrogens is 292 g/mol. The molecule has 0 unspecified atom stereocenters. The number of carbonyl (C=O) groups is 1. The van der Waals surface area contributed by atoms with Gasteiger partial charge in [-0.15, -0.1) is 0 Å². The van der Waals surface area contributed by atoms with E-state index in [1.165, 1.54) is 0 Å². The van der Waals surface area contributed by atoms with E-state index in [0.717, 1.165) is 18.4 Å². The Labute approximate surface area is 134 Å². The van der Waals surface area contributed by atoms with Crippen LogP contribution in [0.4, 0.5) is 0 Å². The van der Waals surface area contributed by atoms with Gasteiger partial charge in [0, 0.05) is 5.56 Å². The molecule has 3 aromatic rings. The Kier molecular flexibility index (Phi) is 4.37. The van der Waals surface area contributed by atoms with Crippen LogP contribution < -0.4 is 0 Å². The van der Waals surface area contributed by atoms with Gasteiger partial charge in [-0.2, -0.15) is 0 Å². The molecule has 0 atom stereocenters. The average Bonchev–Trinajstić information content (AvgIpc) is 2.96. The third-order valence-electron chi connectivity index (χ3n) is 3.64. The highest BCUT2D eigenvalue weighted by molar-refractivity contribution is 6.04. The zero-order chi connectivity index (χ0) is 16.2. The van der Waals surface area contributed by atoms with Crippen molar-refractivity contribution in [2.24, 2.45) is 0 Å². The minimum Gasteiger partial charge on any atom is -0.462 e. The number of ether oxygens (including phenoxy) is 1. The van der Waals surface area contributed by atoms with Crippen LogP contribution in [0.15, 0.2) is 40.9 Å². The highest BCUT2D eigenvalue weighted by Gasteiger charge is 2.20. The molecule has 0 amide bonds. The van der Waals surface area contributed by atoms with Crippen LogP contribution in [-0.4, -0.2) is 22.7 Å². The molecule has 5 nitrogen and oxygen atoms in total. The second-order valence-corrected chi connectivity index (χ2v) is 5.36. The molecule has 0 radical (unpaired) electrons. The fourth-order valence-electron chi connectivity index (χ4n) is 2.40. The second kappa shape index (κ2) is 6.60. The van der Waals surface area contributed by atoms with Crippen LogP contribution in [0, 0.1) is 6.92 Å². The molecular formula is C18H18N2O3. The van der Waals surface area contributed by atoms with Gasteiger partial charge in [0.2, 0.25) is 0 Å². The third-order valence-corrected chi connectivity index (χ3v) is 3.64. The van der Waals surface area contributed by atoms with Crippen molar-refractivity contribution in [1.29, 1.82) is 0 Å². The summed E-state index contributed by atoms with van der Waals surface area (Å²) in [4.78, 5) is 16.9. The SMILES string of the molecule is CCCCOC(=O)c1cc(-c2ccccc2)nc2onc(C)c12. The highest BCUT2D eigenvalue weighted by atomic mass is 16.5. The molecule has 0 saturated heterocycles. The number of hydrogen-bond donors (Lipinski definition) is 0. The Hall–Kier alpha value is -2.69. The van der Waals surface area contributed by atoms with E-state index < -0.39 is 0 Å². The molecule has 3 rings (SSSR count). The van der Waals surface area contributed by atoms with Crippen molar-refractivity contribution in [1.82, 2.24) is 10.1 Å². The summed E-state index contributed by atoms with van der Waals surface area (Å²) in [6, 6.07) is 11.4. The van der Waals surface area contributed by atoms with E-state index in [9.17, 15) is 4.79 Å². The number of pyridine rings is 1. The van der Waals surface area contributed by atoms with Crippen LogP contribution >= 0.6 is 0 Å². The van der Waals surface area contributed by atoms with Crippen LogP contribution in [0.1, 0.15) is 35.8 Å². The van der Waals surface area contributed by atoms with Crippen molar-refractivity contribution < 1.29 is 14.1 Å². The van der Waals surface area contributed by atoms with E-state index in [-0.39, 0.29) is 5.97 Å². The summed E-state index contributed by atoms with van der Waals surface area (Å²) < 4.78 is 10.6. The van der Waals surface area contributed by atoms with Gasteiger partial charge in [0.15, 0.2) is 0 Å². The van der Waals surface area contributed by atoms with Gasteiger partial charge in [-0.05, 0) is 19.4 Å². The Morgan fingerprint density at radius 3 is 2.78 bits per heavy atom. The molecule has 0 bridgehead atoms. The van der Waals surface area contributed by atoms with Crippen molar-refractivity contribution in [3.05, 3.63) is 47.7 Å². The monoisotopic (exact) mass is 310 g/mol. The van der Waals surface area contributed by atoms with Gasteiger partial charge in [-0.1, -0.05) is 48.8 Å². The van der Waals surface area contributed by atoms with E-state index in [0.29, 0.717) is 34.7 Å². The Balaban J connectivity index is 2.07. The maximum Gasteiger partial charge on any atom is 0.339 e. The molecule has 23 heavy (non-hydrogen) atoms. The van der Waals surface area contributed by atoms with Crippen LogP contribution in [0.25, 0.3) is 22.4 Å². The molecule has 0 aliphatic rings. The number of rotatable bonds is 5. The summed E-state index contributed by atoms with van der Waals surface area (Å²) in [5, 5.41) is 4.54. The van der Waals surface area contributed by atoms with E-state index in [4.69, 9.17) is 9.26 Å². The van der Waals surface area contributed by atoms with Crippen molar-refractivity contribution in [2.45, 2.75) is 26.7 Å². The maximum absolute atomic E-state index is 12.4. The average molecular weight is 310 g/mol. The van der Waals surface area contributed by atoms with Gasteiger partial charge < -0.3 is 9.26 Å². The van der Waals surface area contributed by atoms with Gasteiger partial charge in [-0.3, -0.25) is 0 Å². The highest BCUT2D eigenvalue weighted by Crippen LogP contribution is 2.27. The summed E-state index contributed by atoms with van der Waals surface area (Å²) in [5.74, 6) is -0.366. The van der Waals surface area contributed by atoms with Gasteiger partial charge in [0.25, 0.3) is 5.71 Å². The molecule has 5 heteroatoms. The topological polar surface area (TPSA) is 65.2 Å². The Morgan fingerprint density at radius 1 is 1.26 bits per heavy atom. The quantitative estimate of drug-likeness (QED) is 0.523. The first-order chi connectivity index (χ1) is 11.2. The number of aryl methyl sites for hydroxylation is 1. The first kappa shape index (κ1) is 15.2. The second-order valence-electron chi connectivity index (χ2n) is 5.36. The maximum atomic E-state index is 12.4. The van der Waals surface area contributed by atoms with Crippen molar-refractivity contribution in [2.75, 3.05) is 6.61 Å². The lowest BCUT2D eigenvalue weighted by Gasteiger charge is -2.07. The molecule has 2 heterocycles. The minimum absolute atomic E-state index is 0.353. The first-order valence-electron chi connectivity index (χ1n) is 7.70. The van der Waals surface area contributed by atoms with E-state index in [1.54, 1.807) is 13.0 Å². The van der Waals surface area contributed by atoms with Crippen LogP contribution in [-0.2, 0) is 4.74 Å². The number of benzene rings is 1. The van der Waals surface area contributed by atoms with Crippen LogP contribution in [0.2, 0.25) is 0 Å². The number of carbonyl (C=O) groups excluding carboxylic acids is 1. The van der Waals surface area contributed by atoms with Crippen molar-refractivity contribution >= 4 is 17.1 Å². The lowest BCUT2D eigenvalue weighted by atomic mass is 10.1. The number of unbranched alkanes of at least 4 members (excludes halogenated alkanes) is 1.